The van der Waals surface area contributed by atoms with E-state index in [0.717, 1.165) is 42.6 Å². The first-order chi connectivity index (χ1) is 25.3. The van der Waals surface area contributed by atoms with Gasteiger partial charge >= 0.3 is 6.03 Å². The number of ether oxygens (including phenoxy) is 2. The molecule has 1 fully saturated rings. The van der Waals surface area contributed by atoms with E-state index in [9.17, 15) is 4.79 Å². The van der Waals surface area contributed by atoms with Gasteiger partial charge in [-0.15, -0.1) is 0 Å². The fraction of sp³-hybridized carbons (Fsp3) is 0.475. The zero-order valence-electron chi connectivity index (χ0n) is 32.0. The number of urea groups is 1. The monoisotopic (exact) mass is 722 g/mol. The minimum absolute atomic E-state index is 0.233. The van der Waals surface area contributed by atoms with Crippen LogP contribution in [-0.2, 0) is 5.41 Å². The minimum atomic E-state index is -0.344. The largest absolute Gasteiger partial charge is 0.491 e. The topological polar surface area (TPSA) is 149 Å². The molecule has 0 unspecified atom stereocenters. The zero-order valence-corrected chi connectivity index (χ0v) is 32.0. The van der Waals surface area contributed by atoms with Gasteiger partial charge in [-0.3, -0.25) is 25.7 Å². The van der Waals surface area contributed by atoms with Gasteiger partial charge in [-0.05, 0) is 83.3 Å². The van der Waals surface area contributed by atoms with Gasteiger partial charge in [0.15, 0.2) is 0 Å². The molecule has 13 nitrogen and oxygen atoms in total. The Balaban J connectivity index is 1.18. The van der Waals surface area contributed by atoms with Crippen molar-refractivity contribution >= 4 is 17.8 Å². The number of nitrogens with one attached hydrogen (secondary N) is 4. The van der Waals surface area contributed by atoms with E-state index in [-0.39, 0.29) is 41.2 Å². The molecule has 1 saturated heterocycles. The van der Waals surface area contributed by atoms with Crippen LogP contribution in [0.5, 0.6) is 11.5 Å². The molecule has 4 aromatic rings. The molecule has 282 valence electrons. The summed E-state index contributed by atoms with van der Waals surface area (Å²) in [5, 5.41) is 28.7. The zero-order chi connectivity index (χ0) is 37.9. The van der Waals surface area contributed by atoms with Gasteiger partial charge < -0.3 is 24.6 Å². The van der Waals surface area contributed by atoms with Crippen molar-refractivity contribution in [1.82, 2.24) is 34.4 Å². The van der Waals surface area contributed by atoms with Crippen LogP contribution < -0.4 is 25.6 Å². The molecule has 2 aliphatic rings. The molecule has 1 aliphatic heterocycles. The molecule has 53 heavy (non-hydrogen) atoms. The maximum Gasteiger partial charge on any atom is 0.320 e. The average Bonchev–Trinajstić information content (AvgIpc) is 3.54. The summed E-state index contributed by atoms with van der Waals surface area (Å²) < 4.78 is 15.8. The van der Waals surface area contributed by atoms with Crippen LogP contribution in [0.4, 0.5) is 10.6 Å². The first-order valence-corrected chi connectivity index (χ1v) is 18.6. The van der Waals surface area contributed by atoms with Crippen LogP contribution in [0.25, 0.3) is 5.69 Å². The Bertz CT molecular complexity index is 1970. The van der Waals surface area contributed by atoms with Crippen LogP contribution in [0.3, 0.4) is 0 Å². The van der Waals surface area contributed by atoms with Crippen molar-refractivity contribution < 1.29 is 14.3 Å². The molecule has 0 saturated carbocycles. The van der Waals surface area contributed by atoms with Crippen LogP contribution in [0.1, 0.15) is 95.7 Å². The number of amides is 2. The van der Waals surface area contributed by atoms with Gasteiger partial charge in [0.25, 0.3) is 0 Å². The molecular weight excluding hydrogens is 669 g/mol. The second-order valence-corrected chi connectivity index (χ2v) is 15.6. The fourth-order valence-electron chi connectivity index (χ4n) is 7.17. The van der Waals surface area contributed by atoms with Crippen molar-refractivity contribution in [3.8, 4) is 17.2 Å². The Kier molecular flexibility index (Phi) is 11.2. The Hall–Kier alpha value is -5.17. The van der Waals surface area contributed by atoms with Gasteiger partial charge in [0, 0.05) is 36.2 Å². The number of carbonyl (C=O) groups is 1. The summed E-state index contributed by atoms with van der Waals surface area (Å²) in [5.41, 5.74) is 3.47. The van der Waals surface area contributed by atoms with E-state index in [0.29, 0.717) is 48.4 Å². The number of hydrogen-bond donors (Lipinski definition) is 4. The lowest BCUT2D eigenvalue weighted by molar-refractivity contribution is 0.170. The molecule has 2 amide bonds. The van der Waals surface area contributed by atoms with Crippen molar-refractivity contribution in [3.63, 3.8) is 0 Å². The average molecular weight is 723 g/mol. The molecule has 6 rings (SSSR count). The number of carbonyl (C=O) groups excluding carboxylic acids is 1. The van der Waals surface area contributed by atoms with Gasteiger partial charge in [-0.1, -0.05) is 45.0 Å². The van der Waals surface area contributed by atoms with Crippen LogP contribution in [0, 0.1) is 10.8 Å². The van der Waals surface area contributed by atoms with E-state index in [1.807, 2.05) is 50.5 Å². The third-order valence-electron chi connectivity index (χ3n) is 10.1. The number of fused-ring (bicyclic) bond motifs is 1. The standard InChI is InChI=1S/C40H54N10O3/c1-26-11-10-12-27(2)49(26)38(42)48-25-29(15-18-36(48)41)53-34-17-16-33(31-13-8-9-14-32(31)34)44-39(51)45-37-22-35(40(3,4)5)46-50(37)28-21-30(24-43-23-28)52-20-19-47(6)7/h8-9,13-15,18,21-27,33-34,41-42H,10-12,16-17,19-20H2,1-7H3,(H2,44,45,51)/t26-,27+,33-,34+/m0/s1. The summed E-state index contributed by atoms with van der Waals surface area (Å²) in [6.45, 7) is 11.8. The lowest BCUT2D eigenvalue weighted by Gasteiger charge is -2.41. The number of hydrogen-bond acceptors (Lipinski definition) is 8. The number of anilines is 1. The number of likely N-dealkylation sites (tertiary alicyclic amines) is 1. The van der Waals surface area contributed by atoms with Gasteiger partial charge in [-0.25, -0.2) is 9.48 Å². The van der Waals surface area contributed by atoms with Crippen molar-refractivity contribution in [2.45, 2.75) is 96.4 Å². The predicted octanol–water partition coefficient (Wildman–Crippen LogP) is 6.61. The van der Waals surface area contributed by atoms with E-state index in [4.69, 9.17) is 25.4 Å². The van der Waals surface area contributed by atoms with Gasteiger partial charge in [0.1, 0.15) is 35.5 Å². The number of piperidine rings is 1. The minimum Gasteiger partial charge on any atom is -0.491 e. The summed E-state index contributed by atoms with van der Waals surface area (Å²) in [4.78, 5) is 22.2. The van der Waals surface area contributed by atoms with Crippen molar-refractivity contribution in [2.24, 2.45) is 0 Å². The van der Waals surface area contributed by atoms with E-state index in [2.05, 4.69) is 60.0 Å². The van der Waals surface area contributed by atoms with Crippen LogP contribution >= 0.6 is 0 Å². The van der Waals surface area contributed by atoms with E-state index in [1.165, 1.54) is 0 Å². The first kappa shape index (κ1) is 37.6. The van der Waals surface area contributed by atoms with Gasteiger partial charge in [0.05, 0.1) is 36.0 Å². The molecule has 1 aromatic carbocycles. The van der Waals surface area contributed by atoms with Crippen molar-refractivity contribution in [2.75, 3.05) is 32.6 Å². The molecule has 3 aromatic heterocycles. The SMILES string of the molecule is C[C@@H]1CCC[C@H](C)N1C(=N)n1cc(O[C@@H]2CC[C@H](NC(=O)Nc3cc(C(C)(C)C)nn3-c3cncc(OCCN(C)C)c3)c3ccccc32)ccc1=N. The highest BCUT2D eigenvalue weighted by molar-refractivity contribution is 5.89. The maximum atomic E-state index is 13.7. The highest BCUT2D eigenvalue weighted by atomic mass is 16.5. The maximum absolute atomic E-state index is 13.7. The van der Waals surface area contributed by atoms with Gasteiger partial charge in [-0.2, -0.15) is 5.10 Å². The number of pyridine rings is 2. The normalized spacial score (nSPS) is 20.1. The molecule has 1 aliphatic carbocycles. The Morgan fingerprint density at radius 3 is 2.43 bits per heavy atom. The molecule has 13 heteroatoms. The molecule has 4 atom stereocenters. The fourth-order valence-corrected chi connectivity index (χ4v) is 7.17. The number of likely N-dealkylation sites (N-methyl/N-ethyl adjacent to an activating group) is 1. The number of nitrogens with zero attached hydrogens (tertiary/aromatic N) is 6. The highest BCUT2D eigenvalue weighted by Crippen LogP contribution is 2.39. The second-order valence-electron chi connectivity index (χ2n) is 15.6. The molecule has 0 bridgehead atoms. The first-order valence-electron chi connectivity index (χ1n) is 18.6. The molecule has 0 radical (unpaired) electrons. The van der Waals surface area contributed by atoms with Crippen LogP contribution in [0.2, 0.25) is 0 Å². The van der Waals surface area contributed by atoms with Gasteiger partial charge in [0.2, 0.25) is 5.96 Å². The lowest BCUT2D eigenvalue weighted by Crippen LogP contribution is -2.51. The predicted molar refractivity (Wildman–Crippen MR) is 206 cm³/mol. The lowest BCUT2D eigenvalue weighted by atomic mass is 9.85. The third-order valence-corrected chi connectivity index (χ3v) is 10.1. The summed E-state index contributed by atoms with van der Waals surface area (Å²) in [7, 11) is 3.99. The summed E-state index contributed by atoms with van der Waals surface area (Å²) in [6, 6.07) is 15.2. The number of aromatic nitrogens is 4. The van der Waals surface area contributed by atoms with E-state index in [1.54, 1.807) is 40.0 Å². The Labute approximate surface area is 312 Å². The van der Waals surface area contributed by atoms with Crippen molar-refractivity contribution in [1.29, 1.82) is 10.8 Å². The smallest absolute Gasteiger partial charge is 0.320 e. The molecule has 4 N–H and O–H groups in total. The number of rotatable bonds is 9. The quantitative estimate of drug-likeness (QED) is 0.112. The molecule has 0 spiro atoms. The Morgan fingerprint density at radius 1 is 0.981 bits per heavy atom. The summed E-state index contributed by atoms with van der Waals surface area (Å²) in [5.74, 6) is 2.04. The number of benzene rings is 1. The Morgan fingerprint density at radius 2 is 1.72 bits per heavy atom. The summed E-state index contributed by atoms with van der Waals surface area (Å²) in [6.07, 6.45) is 9.42. The third kappa shape index (κ3) is 8.73. The van der Waals surface area contributed by atoms with Crippen LogP contribution in [0.15, 0.2) is 67.1 Å². The summed E-state index contributed by atoms with van der Waals surface area (Å²) >= 11 is 0. The molecular formula is C40H54N10O3. The van der Waals surface area contributed by atoms with Crippen LogP contribution in [-0.4, -0.2) is 80.5 Å². The van der Waals surface area contributed by atoms with E-state index < -0.39 is 0 Å². The molecule has 4 heterocycles. The highest BCUT2D eigenvalue weighted by Gasteiger charge is 2.31. The van der Waals surface area contributed by atoms with E-state index >= 15 is 0 Å². The second kappa shape index (κ2) is 15.8. The van der Waals surface area contributed by atoms with Crippen molar-refractivity contribution in [3.05, 3.63) is 89.4 Å².